The van der Waals surface area contributed by atoms with E-state index in [1.165, 1.54) is 23.5 Å². The smallest absolute Gasteiger partial charge is 0.300 e. The molecule has 0 aliphatic carbocycles. The van der Waals surface area contributed by atoms with E-state index in [0.717, 1.165) is 45.7 Å². The Kier molecular flexibility index (Phi) is 6.71. The van der Waals surface area contributed by atoms with E-state index in [1.54, 1.807) is 24.3 Å². The standard InChI is InChI=1S/C28H25N3O3S2/c1-2-8-26-29-23-11-6-7-12-25(23)31(26)19-20-13-15-21(16-14-20)27-24(17-18-35-27)30-36(33,34)28(32)22-9-4-3-5-10-22/h3-7,9-18,30H,2,8,19H2,1H3. The zero-order valence-electron chi connectivity index (χ0n) is 19.7. The van der Waals surface area contributed by atoms with Gasteiger partial charge in [-0.3, -0.25) is 9.52 Å². The van der Waals surface area contributed by atoms with E-state index < -0.39 is 15.1 Å². The monoisotopic (exact) mass is 515 g/mol. The molecule has 0 bridgehead atoms. The first kappa shape index (κ1) is 24.0. The van der Waals surface area contributed by atoms with Crippen LogP contribution in [0.2, 0.25) is 0 Å². The van der Waals surface area contributed by atoms with Crippen LogP contribution in [-0.2, 0) is 23.0 Å². The Morgan fingerprint density at radius 1 is 0.944 bits per heavy atom. The van der Waals surface area contributed by atoms with Gasteiger partial charge in [0.25, 0.3) is 5.12 Å². The van der Waals surface area contributed by atoms with Gasteiger partial charge in [-0.25, -0.2) is 4.98 Å². The summed E-state index contributed by atoms with van der Waals surface area (Å²) >= 11 is 1.42. The molecule has 5 aromatic rings. The molecule has 0 radical (unpaired) electrons. The third-order valence-electron chi connectivity index (χ3n) is 5.93. The number of imidazole rings is 1. The molecule has 6 nitrogen and oxygen atoms in total. The van der Waals surface area contributed by atoms with Crippen LogP contribution < -0.4 is 4.72 Å². The van der Waals surface area contributed by atoms with Crippen molar-refractivity contribution in [2.45, 2.75) is 26.3 Å². The van der Waals surface area contributed by atoms with Crippen molar-refractivity contribution in [3.63, 3.8) is 0 Å². The van der Waals surface area contributed by atoms with E-state index >= 15 is 0 Å². The van der Waals surface area contributed by atoms with Gasteiger partial charge in [-0.05, 0) is 41.1 Å². The van der Waals surface area contributed by atoms with Crippen molar-refractivity contribution < 1.29 is 13.2 Å². The van der Waals surface area contributed by atoms with Crippen LogP contribution in [0, 0.1) is 0 Å². The van der Waals surface area contributed by atoms with E-state index in [9.17, 15) is 13.2 Å². The van der Waals surface area contributed by atoms with Crippen molar-refractivity contribution in [2.75, 3.05) is 4.72 Å². The predicted octanol–water partition coefficient (Wildman–Crippen LogP) is 6.35. The fourth-order valence-electron chi connectivity index (χ4n) is 4.19. The van der Waals surface area contributed by atoms with Gasteiger partial charge < -0.3 is 4.57 Å². The number of anilines is 1. The van der Waals surface area contributed by atoms with Crippen molar-refractivity contribution >= 4 is 43.2 Å². The molecule has 0 amide bonds. The van der Waals surface area contributed by atoms with E-state index in [0.29, 0.717) is 12.2 Å². The third-order valence-corrected chi connectivity index (χ3v) is 8.10. The van der Waals surface area contributed by atoms with Crippen LogP contribution in [0.4, 0.5) is 5.69 Å². The minimum absolute atomic E-state index is 0.126. The van der Waals surface area contributed by atoms with Gasteiger partial charge in [-0.2, -0.15) is 8.42 Å². The zero-order valence-corrected chi connectivity index (χ0v) is 21.4. The average molecular weight is 516 g/mol. The zero-order chi connectivity index (χ0) is 25.1. The SMILES string of the molecule is CCCc1nc2ccccc2n1Cc1ccc(-c2sccc2NS(=O)(=O)C(=O)c2ccccc2)cc1. The molecule has 2 heterocycles. The van der Waals surface area contributed by atoms with Crippen LogP contribution in [-0.4, -0.2) is 23.1 Å². The van der Waals surface area contributed by atoms with Crippen molar-refractivity contribution in [2.24, 2.45) is 0 Å². The van der Waals surface area contributed by atoms with Crippen molar-refractivity contribution in [1.82, 2.24) is 9.55 Å². The lowest BCUT2D eigenvalue weighted by Gasteiger charge is -2.11. The lowest BCUT2D eigenvalue weighted by molar-refractivity contribution is 0.107. The summed E-state index contributed by atoms with van der Waals surface area (Å²) in [5, 5.41) is 0.856. The van der Waals surface area contributed by atoms with Gasteiger partial charge in [0, 0.05) is 18.5 Å². The number of para-hydroxylation sites is 2. The molecule has 0 aliphatic rings. The molecule has 0 atom stereocenters. The average Bonchev–Trinajstić information content (AvgIpc) is 3.49. The summed E-state index contributed by atoms with van der Waals surface area (Å²) in [4.78, 5) is 18.1. The van der Waals surface area contributed by atoms with Gasteiger partial charge >= 0.3 is 10.0 Å². The maximum atomic E-state index is 12.7. The second kappa shape index (κ2) is 10.1. The summed E-state index contributed by atoms with van der Waals surface area (Å²) in [7, 11) is -4.23. The Morgan fingerprint density at radius 2 is 1.67 bits per heavy atom. The van der Waals surface area contributed by atoms with Gasteiger partial charge in [0.05, 0.1) is 21.6 Å². The van der Waals surface area contributed by atoms with Crippen LogP contribution >= 0.6 is 11.3 Å². The topological polar surface area (TPSA) is 81.1 Å². The number of aromatic nitrogens is 2. The number of hydrogen-bond donors (Lipinski definition) is 1. The molecular weight excluding hydrogens is 490 g/mol. The van der Waals surface area contributed by atoms with Crippen LogP contribution in [0.5, 0.6) is 0 Å². The fourth-order valence-corrected chi connectivity index (χ4v) is 6.12. The first-order valence-electron chi connectivity index (χ1n) is 11.7. The molecule has 0 aliphatic heterocycles. The Hall–Kier alpha value is -3.75. The molecule has 0 unspecified atom stereocenters. The molecule has 8 heteroatoms. The summed E-state index contributed by atoms with van der Waals surface area (Å²) in [6.45, 7) is 2.85. The van der Waals surface area contributed by atoms with Crippen molar-refractivity contribution in [3.8, 4) is 10.4 Å². The number of thiophene rings is 1. The molecule has 5 rings (SSSR count). The van der Waals surface area contributed by atoms with E-state index in [4.69, 9.17) is 4.98 Å². The van der Waals surface area contributed by atoms with Crippen LogP contribution in [0.3, 0.4) is 0 Å². The summed E-state index contributed by atoms with van der Waals surface area (Å²) in [5.41, 5.74) is 4.63. The lowest BCUT2D eigenvalue weighted by atomic mass is 10.1. The summed E-state index contributed by atoms with van der Waals surface area (Å²) in [5.74, 6) is 1.07. The number of carbonyl (C=O) groups is 1. The maximum absolute atomic E-state index is 12.7. The number of hydrogen-bond acceptors (Lipinski definition) is 5. The Labute approximate surface area is 214 Å². The van der Waals surface area contributed by atoms with Crippen LogP contribution in [0.1, 0.15) is 35.1 Å². The first-order valence-corrected chi connectivity index (χ1v) is 14.1. The summed E-state index contributed by atoms with van der Waals surface area (Å²) in [6.07, 6.45) is 1.93. The molecule has 2 aromatic heterocycles. The number of benzene rings is 3. The number of aryl methyl sites for hydroxylation is 1. The third kappa shape index (κ3) is 4.82. The highest BCUT2D eigenvalue weighted by molar-refractivity contribution is 8.07. The number of fused-ring (bicyclic) bond motifs is 1. The molecule has 182 valence electrons. The largest absolute Gasteiger partial charge is 0.323 e. The molecular formula is C28H25N3O3S2. The second-order valence-electron chi connectivity index (χ2n) is 8.47. The fraction of sp³-hybridized carbons (Fsp3) is 0.143. The van der Waals surface area contributed by atoms with Gasteiger partial charge in [0.1, 0.15) is 5.82 Å². The highest BCUT2D eigenvalue weighted by Crippen LogP contribution is 2.35. The minimum atomic E-state index is -4.23. The van der Waals surface area contributed by atoms with E-state index in [2.05, 4.69) is 22.3 Å². The van der Waals surface area contributed by atoms with Crippen molar-refractivity contribution in [3.05, 3.63) is 107 Å². The second-order valence-corrected chi connectivity index (χ2v) is 11.0. The Bertz CT molecular complexity index is 1620. The number of rotatable bonds is 8. The van der Waals surface area contributed by atoms with E-state index in [-0.39, 0.29) is 5.56 Å². The van der Waals surface area contributed by atoms with Crippen LogP contribution in [0.15, 0.2) is 90.3 Å². The predicted molar refractivity (Wildman–Crippen MR) is 146 cm³/mol. The molecule has 0 fully saturated rings. The number of sulfonamides is 1. The normalized spacial score (nSPS) is 11.6. The van der Waals surface area contributed by atoms with Gasteiger partial charge in [0.2, 0.25) is 0 Å². The maximum Gasteiger partial charge on any atom is 0.300 e. The molecule has 0 saturated heterocycles. The summed E-state index contributed by atoms with van der Waals surface area (Å²) in [6, 6.07) is 25.9. The molecule has 36 heavy (non-hydrogen) atoms. The number of nitrogens with zero attached hydrogens (tertiary/aromatic N) is 2. The highest BCUT2D eigenvalue weighted by Gasteiger charge is 2.25. The lowest BCUT2D eigenvalue weighted by Crippen LogP contribution is -2.23. The number of nitrogens with one attached hydrogen (secondary N) is 1. The quantitative estimate of drug-likeness (QED) is 0.261. The summed E-state index contributed by atoms with van der Waals surface area (Å²) < 4.78 is 30.2. The number of carbonyl (C=O) groups excluding carboxylic acids is 1. The highest BCUT2D eigenvalue weighted by atomic mass is 32.2. The molecule has 1 N–H and O–H groups in total. The molecule has 0 saturated carbocycles. The Morgan fingerprint density at radius 3 is 2.42 bits per heavy atom. The first-order chi connectivity index (χ1) is 17.5. The minimum Gasteiger partial charge on any atom is -0.323 e. The van der Waals surface area contributed by atoms with Gasteiger partial charge in [-0.15, -0.1) is 11.3 Å². The Balaban J connectivity index is 1.38. The van der Waals surface area contributed by atoms with Gasteiger partial charge in [0.15, 0.2) is 0 Å². The van der Waals surface area contributed by atoms with Crippen molar-refractivity contribution in [1.29, 1.82) is 0 Å². The van der Waals surface area contributed by atoms with Gasteiger partial charge in [-0.1, -0.05) is 73.7 Å². The molecule has 0 spiro atoms. The molecule has 3 aromatic carbocycles. The van der Waals surface area contributed by atoms with Crippen LogP contribution in [0.25, 0.3) is 21.5 Å². The van der Waals surface area contributed by atoms with E-state index in [1.807, 2.05) is 47.8 Å².